The van der Waals surface area contributed by atoms with Crippen LogP contribution in [-0.4, -0.2) is 23.1 Å². The van der Waals surface area contributed by atoms with Crippen LogP contribution in [0.5, 0.6) is 0 Å². The number of nitrogens with one attached hydrogen (secondary N) is 1. The van der Waals surface area contributed by atoms with Gasteiger partial charge in [-0.1, -0.05) is 0 Å². The van der Waals surface area contributed by atoms with E-state index < -0.39 is 10.0 Å². The normalized spacial score (nSPS) is 12.1. The van der Waals surface area contributed by atoms with Gasteiger partial charge in [-0.25, -0.2) is 13.4 Å². The number of rotatable bonds is 5. The molecule has 8 heteroatoms. The lowest BCUT2D eigenvalue weighted by molar-refractivity contribution is 0.268. The van der Waals surface area contributed by atoms with Crippen LogP contribution in [0.4, 0.5) is 5.13 Å². The molecule has 116 valence electrons. The van der Waals surface area contributed by atoms with Gasteiger partial charge in [0.1, 0.15) is 4.90 Å². The molecule has 0 atom stereocenters. The van der Waals surface area contributed by atoms with Gasteiger partial charge in [0.05, 0.1) is 12.3 Å². The van der Waals surface area contributed by atoms with Crippen LogP contribution in [-0.2, 0) is 16.6 Å². The summed E-state index contributed by atoms with van der Waals surface area (Å²) in [6.45, 7) is 7.38. The molecule has 0 aromatic carbocycles. The van der Waals surface area contributed by atoms with Gasteiger partial charge < -0.3 is 9.67 Å². The van der Waals surface area contributed by atoms with Crippen molar-refractivity contribution in [2.24, 2.45) is 0 Å². The summed E-state index contributed by atoms with van der Waals surface area (Å²) < 4.78 is 29.0. The Balaban J connectivity index is 2.35. The van der Waals surface area contributed by atoms with Gasteiger partial charge in [0, 0.05) is 22.8 Å². The van der Waals surface area contributed by atoms with Crippen LogP contribution in [0.25, 0.3) is 0 Å². The largest absolute Gasteiger partial charge is 0.390 e. The summed E-state index contributed by atoms with van der Waals surface area (Å²) in [5.41, 5.74) is 1.38. The van der Waals surface area contributed by atoms with Gasteiger partial charge in [-0.3, -0.25) is 4.72 Å². The van der Waals surface area contributed by atoms with E-state index in [0.29, 0.717) is 10.8 Å². The van der Waals surface area contributed by atoms with Gasteiger partial charge in [0.15, 0.2) is 5.13 Å². The third kappa shape index (κ3) is 3.28. The summed E-state index contributed by atoms with van der Waals surface area (Å²) in [5.74, 6) is 0. The summed E-state index contributed by atoms with van der Waals surface area (Å²) in [6, 6.07) is 1.55. The number of hydrogen-bond acceptors (Lipinski definition) is 5. The topological polar surface area (TPSA) is 84.2 Å². The number of aliphatic hydroxyl groups excluding tert-OH is 1. The smallest absolute Gasteiger partial charge is 0.265 e. The lowest BCUT2D eigenvalue weighted by atomic mass is 10.3. The third-order valence-electron chi connectivity index (χ3n) is 3.19. The molecule has 0 amide bonds. The molecule has 0 aliphatic carbocycles. The van der Waals surface area contributed by atoms with E-state index in [1.165, 1.54) is 23.6 Å². The summed E-state index contributed by atoms with van der Waals surface area (Å²) in [7, 11) is -3.70. The average molecular weight is 329 g/mol. The number of thiazole rings is 1. The van der Waals surface area contributed by atoms with Crippen molar-refractivity contribution in [3.8, 4) is 0 Å². The van der Waals surface area contributed by atoms with Crippen molar-refractivity contribution in [1.29, 1.82) is 0 Å². The number of anilines is 1. The van der Waals surface area contributed by atoms with Gasteiger partial charge in [-0.15, -0.1) is 11.3 Å². The second-order valence-corrected chi connectivity index (χ2v) is 7.98. The Morgan fingerprint density at radius 3 is 2.52 bits per heavy atom. The summed E-state index contributed by atoms with van der Waals surface area (Å²) in [5, 5.41) is 9.68. The van der Waals surface area contributed by atoms with Crippen molar-refractivity contribution < 1.29 is 13.5 Å². The van der Waals surface area contributed by atoms with E-state index in [1.54, 1.807) is 4.57 Å². The molecule has 2 heterocycles. The van der Waals surface area contributed by atoms with E-state index in [-0.39, 0.29) is 17.5 Å². The van der Waals surface area contributed by atoms with Crippen molar-refractivity contribution in [1.82, 2.24) is 9.55 Å². The monoisotopic (exact) mass is 329 g/mol. The Morgan fingerprint density at radius 1 is 1.43 bits per heavy atom. The summed E-state index contributed by atoms with van der Waals surface area (Å²) in [4.78, 5) is 5.28. The lowest BCUT2D eigenvalue weighted by Gasteiger charge is -2.10. The summed E-state index contributed by atoms with van der Waals surface area (Å²) >= 11 is 1.30. The van der Waals surface area contributed by atoms with Crippen molar-refractivity contribution in [2.75, 3.05) is 4.72 Å². The fraction of sp³-hybridized carbons (Fsp3) is 0.462. The highest BCUT2D eigenvalue weighted by Crippen LogP contribution is 2.25. The first-order chi connectivity index (χ1) is 9.74. The van der Waals surface area contributed by atoms with Gasteiger partial charge >= 0.3 is 0 Å². The Labute approximate surface area is 128 Å². The highest BCUT2D eigenvalue weighted by Gasteiger charge is 2.21. The standard InChI is InChI=1S/C13H19N3O3S2/c1-8(2)16-6-12(5-11(16)7-17)21(18,19)15-13-14-9(3)10(4)20-13/h5-6,8,17H,7H2,1-4H3,(H,14,15). The second-order valence-electron chi connectivity index (χ2n) is 5.09. The zero-order valence-electron chi connectivity index (χ0n) is 12.4. The zero-order valence-corrected chi connectivity index (χ0v) is 14.0. The molecule has 0 radical (unpaired) electrons. The third-order valence-corrected chi connectivity index (χ3v) is 5.61. The highest BCUT2D eigenvalue weighted by molar-refractivity contribution is 7.93. The fourth-order valence-corrected chi connectivity index (χ4v) is 4.04. The predicted molar refractivity (Wildman–Crippen MR) is 83.1 cm³/mol. The van der Waals surface area contributed by atoms with Crippen LogP contribution in [0, 0.1) is 13.8 Å². The van der Waals surface area contributed by atoms with E-state index in [2.05, 4.69) is 9.71 Å². The molecule has 0 spiro atoms. The van der Waals surface area contributed by atoms with E-state index in [4.69, 9.17) is 0 Å². The predicted octanol–water partition coefficient (Wildman–Crippen LogP) is 2.44. The molecule has 2 aromatic rings. The minimum Gasteiger partial charge on any atom is -0.390 e. The molecule has 2 aromatic heterocycles. The zero-order chi connectivity index (χ0) is 15.8. The first-order valence-electron chi connectivity index (χ1n) is 6.53. The fourth-order valence-electron chi connectivity index (χ4n) is 1.94. The number of aliphatic hydroxyl groups is 1. The van der Waals surface area contributed by atoms with E-state index in [9.17, 15) is 13.5 Å². The maximum atomic E-state index is 12.4. The van der Waals surface area contributed by atoms with Crippen LogP contribution >= 0.6 is 11.3 Å². The summed E-state index contributed by atoms with van der Waals surface area (Å²) in [6.07, 6.45) is 1.53. The molecule has 6 nitrogen and oxygen atoms in total. The maximum absolute atomic E-state index is 12.4. The van der Waals surface area contributed by atoms with E-state index >= 15 is 0 Å². The molecule has 21 heavy (non-hydrogen) atoms. The Kier molecular flexibility index (Phi) is 4.40. The first kappa shape index (κ1) is 16.0. The van der Waals surface area contributed by atoms with Crippen LogP contribution < -0.4 is 4.72 Å². The quantitative estimate of drug-likeness (QED) is 0.882. The van der Waals surface area contributed by atoms with Crippen LogP contribution in [0.2, 0.25) is 0 Å². The van der Waals surface area contributed by atoms with Gasteiger partial charge in [-0.2, -0.15) is 0 Å². The lowest BCUT2D eigenvalue weighted by Crippen LogP contribution is -2.12. The van der Waals surface area contributed by atoms with Crippen molar-refractivity contribution in [3.63, 3.8) is 0 Å². The minimum absolute atomic E-state index is 0.0699. The SMILES string of the molecule is Cc1nc(NS(=O)(=O)c2cc(CO)n(C(C)C)c2)sc1C. The maximum Gasteiger partial charge on any atom is 0.265 e. The van der Waals surface area contributed by atoms with Crippen molar-refractivity contribution in [3.05, 3.63) is 28.5 Å². The molecule has 0 fully saturated rings. The molecule has 2 rings (SSSR count). The Morgan fingerprint density at radius 2 is 2.10 bits per heavy atom. The molecule has 0 saturated heterocycles. The molecule has 0 saturated carbocycles. The number of aryl methyl sites for hydroxylation is 2. The Bertz CT molecular complexity index is 725. The Hall–Kier alpha value is -1.38. The highest BCUT2D eigenvalue weighted by atomic mass is 32.2. The first-order valence-corrected chi connectivity index (χ1v) is 8.83. The number of hydrogen-bond donors (Lipinski definition) is 2. The molecule has 0 bridgehead atoms. The van der Waals surface area contributed by atoms with E-state index in [0.717, 1.165) is 10.6 Å². The van der Waals surface area contributed by atoms with Crippen LogP contribution in [0.15, 0.2) is 17.2 Å². The van der Waals surface area contributed by atoms with E-state index in [1.807, 2.05) is 27.7 Å². The second kappa shape index (κ2) is 5.78. The number of aromatic nitrogens is 2. The molecule has 0 aliphatic rings. The van der Waals surface area contributed by atoms with Gasteiger partial charge in [0.2, 0.25) is 0 Å². The average Bonchev–Trinajstić information content (AvgIpc) is 2.93. The van der Waals surface area contributed by atoms with Crippen molar-refractivity contribution in [2.45, 2.75) is 45.2 Å². The minimum atomic E-state index is -3.70. The molecule has 0 unspecified atom stereocenters. The van der Waals surface area contributed by atoms with Crippen LogP contribution in [0.1, 0.15) is 36.2 Å². The molecular weight excluding hydrogens is 310 g/mol. The number of nitrogens with zero attached hydrogens (tertiary/aromatic N) is 2. The molecular formula is C13H19N3O3S2. The van der Waals surface area contributed by atoms with Gasteiger partial charge in [-0.05, 0) is 33.8 Å². The van der Waals surface area contributed by atoms with Crippen LogP contribution in [0.3, 0.4) is 0 Å². The number of sulfonamides is 1. The molecule has 0 aliphatic heterocycles. The molecule has 2 N–H and O–H groups in total. The van der Waals surface area contributed by atoms with Crippen molar-refractivity contribution >= 4 is 26.5 Å². The van der Waals surface area contributed by atoms with Gasteiger partial charge in [0.25, 0.3) is 10.0 Å².